The van der Waals surface area contributed by atoms with Gasteiger partial charge in [0.15, 0.2) is 5.58 Å². The Hall–Kier alpha value is -3.02. The van der Waals surface area contributed by atoms with Gasteiger partial charge in [0.2, 0.25) is 0 Å². The average molecular weight is 337 g/mol. The number of carbonyl (C=O) groups is 1. The van der Waals surface area contributed by atoms with Gasteiger partial charge < -0.3 is 14.2 Å². The predicted molar refractivity (Wildman–Crippen MR) is 96.1 cm³/mol. The van der Waals surface area contributed by atoms with Crippen LogP contribution in [0.2, 0.25) is 0 Å². The van der Waals surface area contributed by atoms with E-state index in [0.717, 1.165) is 29.9 Å². The van der Waals surface area contributed by atoms with Gasteiger partial charge in [-0.25, -0.2) is 4.79 Å². The highest BCUT2D eigenvalue weighted by molar-refractivity contribution is 5.94. The van der Waals surface area contributed by atoms with Crippen LogP contribution in [0.25, 0.3) is 11.1 Å². The van der Waals surface area contributed by atoms with E-state index in [4.69, 9.17) is 4.42 Å². The second kappa shape index (κ2) is 6.12. The van der Waals surface area contributed by atoms with Crippen LogP contribution in [0.5, 0.6) is 0 Å². The number of carbonyl (C=O) groups excluding carboxylic acids is 1. The average Bonchev–Trinajstić information content (AvgIpc) is 3.01. The second-order valence-corrected chi connectivity index (χ2v) is 6.34. The number of fused-ring (bicyclic) bond motifs is 1. The molecular weight excluding hydrogens is 318 g/mol. The number of nitrogens with zero attached hydrogens (tertiary/aromatic N) is 2. The van der Waals surface area contributed by atoms with Crippen molar-refractivity contribution >= 4 is 22.7 Å². The molecule has 128 valence electrons. The van der Waals surface area contributed by atoms with E-state index in [1.54, 1.807) is 6.07 Å². The van der Waals surface area contributed by atoms with Crippen LogP contribution in [0, 0.1) is 6.92 Å². The zero-order chi connectivity index (χ0) is 17.4. The molecule has 6 heteroatoms. The van der Waals surface area contributed by atoms with E-state index in [2.05, 4.69) is 9.88 Å². The zero-order valence-electron chi connectivity index (χ0n) is 14.0. The minimum Gasteiger partial charge on any atom is -0.408 e. The summed E-state index contributed by atoms with van der Waals surface area (Å²) in [5.41, 5.74) is 4.15. The summed E-state index contributed by atoms with van der Waals surface area (Å²) >= 11 is 0. The van der Waals surface area contributed by atoms with Gasteiger partial charge >= 0.3 is 5.76 Å². The molecule has 1 aliphatic heterocycles. The Bertz CT molecular complexity index is 963. The maximum absolute atomic E-state index is 12.6. The molecule has 6 nitrogen and oxygen atoms in total. The third-order valence-corrected chi connectivity index (χ3v) is 4.63. The molecule has 0 atom stereocenters. The van der Waals surface area contributed by atoms with Crippen molar-refractivity contribution in [3.8, 4) is 0 Å². The van der Waals surface area contributed by atoms with E-state index in [9.17, 15) is 9.59 Å². The second-order valence-electron chi connectivity index (χ2n) is 6.34. The first-order valence-electron chi connectivity index (χ1n) is 8.34. The van der Waals surface area contributed by atoms with Crippen LogP contribution in [0.4, 0.5) is 5.69 Å². The highest BCUT2D eigenvalue weighted by Crippen LogP contribution is 2.22. The summed E-state index contributed by atoms with van der Waals surface area (Å²) in [6.07, 6.45) is 0. The maximum Gasteiger partial charge on any atom is 0.417 e. The van der Waals surface area contributed by atoms with E-state index in [-0.39, 0.29) is 5.91 Å². The number of anilines is 1. The Balaban J connectivity index is 1.45. The predicted octanol–water partition coefficient (Wildman–Crippen LogP) is 2.39. The van der Waals surface area contributed by atoms with Crippen molar-refractivity contribution in [1.82, 2.24) is 9.88 Å². The molecule has 2 aromatic carbocycles. The number of aryl methyl sites for hydroxylation is 1. The number of aromatic nitrogens is 1. The van der Waals surface area contributed by atoms with Crippen molar-refractivity contribution in [2.45, 2.75) is 6.92 Å². The minimum absolute atomic E-state index is 0.0780. The molecule has 1 saturated heterocycles. The van der Waals surface area contributed by atoms with E-state index in [1.165, 1.54) is 0 Å². The molecule has 0 aliphatic carbocycles. The molecule has 1 fully saturated rings. The first kappa shape index (κ1) is 15.5. The lowest BCUT2D eigenvalue weighted by Crippen LogP contribution is -2.48. The Morgan fingerprint density at radius 1 is 1.04 bits per heavy atom. The summed E-state index contributed by atoms with van der Waals surface area (Å²) in [7, 11) is 0. The van der Waals surface area contributed by atoms with Crippen molar-refractivity contribution in [1.29, 1.82) is 0 Å². The maximum atomic E-state index is 12.6. The van der Waals surface area contributed by atoms with Gasteiger partial charge in [0.25, 0.3) is 5.91 Å². The number of H-pyrrole nitrogens is 1. The normalized spacial score (nSPS) is 14.9. The summed E-state index contributed by atoms with van der Waals surface area (Å²) in [4.78, 5) is 30.6. The number of hydrogen-bond acceptors (Lipinski definition) is 4. The van der Waals surface area contributed by atoms with Crippen LogP contribution < -0.4 is 10.7 Å². The number of aromatic amines is 1. The fourth-order valence-corrected chi connectivity index (χ4v) is 3.18. The lowest BCUT2D eigenvalue weighted by atomic mass is 10.1. The quantitative estimate of drug-likeness (QED) is 0.779. The number of oxazole rings is 1. The Kier molecular flexibility index (Phi) is 3.80. The van der Waals surface area contributed by atoms with E-state index >= 15 is 0 Å². The first-order chi connectivity index (χ1) is 12.1. The van der Waals surface area contributed by atoms with Crippen molar-refractivity contribution in [3.63, 3.8) is 0 Å². The third kappa shape index (κ3) is 3.03. The molecule has 4 rings (SSSR count). The van der Waals surface area contributed by atoms with Crippen LogP contribution in [0.15, 0.2) is 51.7 Å². The number of nitrogens with one attached hydrogen (secondary N) is 1. The monoisotopic (exact) mass is 337 g/mol. The topological polar surface area (TPSA) is 69.6 Å². The molecule has 2 heterocycles. The fourth-order valence-electron chi connectivity index (χ4n) is 3.18. The molecule has 3 aromatic rings. The molecule has 1 aliphatic rings. The van der Waals surface area contributed by atoms with Gasteiger partial charge in [-0.15, -0.1) is 0 Å². The highest BCUT2D eigenvalue weighted by atomic mass is 16.4. The molecule has 1 N–H and O–H groups in total. The van der Waals surface area contributed by atoms with Crippen molar-refractivity contribution < 1.29 is 9.21 Å². The third-order valence-electron chi connectivity index (χ3n) is 4.63. The summed E-state index contributed by atoms with van der Waals surface area (Å²) in [5.74, 6) is -0.366. The standard InChI is InChI=1S/C19H19N3O3/c1-13-2-4-14(5-3-13)18(23)22-10-8-21(9-11-22)15-6-7-17-16(12-15)20-19(24)25-17/h2-7,12H,8-11H2,1H3,(H,20,24). The van der Waals surface area contributed by atoms with Gasteiger partial charge in [-0.1, -0.05) is 17.7 Å². The van der Waals surface area contributed by atoms with Gasteiger partial charge in [0.05, 0.1) is 5.52 Å². The van der Waals surface area contributed by atoms with Gasteiger partial charge in [0, 0.05) is 37.4 Å². The fraction of sp³-hybridized carbons (Fsp3) is 0.263. The van der Waals surface area contributed by atoms with Crippen LogP contribution in [0.1, 0.15) is 15.9 Å². The molecule has 25 heavy (non-hydrogen) atoms. The van der Waals surface area contributed by atoms with Crippen LogP contribution in [-0.2, 0) is 0 Å². The van der Waals surface area contributed by atoms with E-state index < -0.39 is 5.76 Å². The molecular formula is C19H19N3O3. The van der Waals surface area contributed by atoms with Crippen LogP contribution in [-0.4, -0.2) is 42.0 Å². The number of rotatable bonds is 2. The van der Waals surface area contributed by atoms with Crippen molar-refractivity contribution in [2.24, 2.45) is 0 Å². The Labute approximate surface area is 144 Å². The molecule has 0 saturated carbocycles. The van der Waals surface area contributed by atoms with Gasteiger partial charge in [-0.05, 0) is 37.3 Å². The summed E-state index contributed by atoms with van der Waals surface area (Å²) in [6, 6.07) is 13.3. The van der Waals surface area contributed by atoms with Gasteiger partial charge in [0.1, 0.15) is 0 Å². The van der Waals surface area contributed by atoms with E-state index in [0.29, 0.717) is 24.2 Å². The number of hydrogen-bond donors (Lipinski definition) is 1. The molecule has 0 bridgehead atoms. The summed E-state index contributed by atoms with van der Waals surface area (Å²) in [6.45, 7) is 4.87. The molecule has 0 unspecified atom stereocenters. The van der Waals surface area contributed by atoms with Gasteiger partial charge in [-0.2, -0.15) is 0 Å². The van der Waals surface area contributed by atoms with Crippen molar-refractivity contribution in [3.05, 3.63) is 64.1 Å². The van der Waals surface area contributed by atoms with Crippen LogP contribution >= 0.6 is 0 Å². The minimum atomic E-state index is -0.444. The number of piperazine rings is 1. The lowest BCUT2D eigenvalue weighted by Gasteiger charge is -2.36. The lowest BCUT2D eigenvalue weighted by molar-refractivity contribution is 0.0747. The summed E-state index contributed by atoms with van der Waals surface area (Å²) in [5, 5.41) is 0. The summed E-state index contributed by atoms with van der Waals surface area (Å²) < 4.78 is 5.03. The van der Waals surface area contributed by atoms with Gasteiger partial charge in [-0.3, -0.25) is 9.78 Å². The Morgan fingerprint density at radius 2 is 1.76 bits per heavy atom. The highest BCUT2D eigenvalue weighted by Gasteiger charge is 2.22. The molecule has 0 spiro atoms. The largest absolute Gasteiger partial charge is 0.417 e. The van der Waals surface area contributed by atoms with Crippen molar-refractivity contribution in [2.75, 3.05) is 31.1 Å². The van der Waals surface area contributed by atoms with Crippen LogP contribution in [0.3, 0.4) is 0 Å². The van der Waals surface area contributed by atoms with E-state index in [1.807, 2.05) is 48.2 Å². The smallest absolute Gasteiger partial charge is 0.408 e. The first-order valence-corrected chi connectivity index (χ1v) is 8.34. The molecule has 1 amide bonds. The molecule has 1 aromatic heterocycles. The Morgan fingerprint density at radius 3 is 2.48 bits per heavy atom. The number of amides is 1. The SMILES string of the molecule is Cc1ccc(C(=O)N2CCN(c3ccc4oc(=O)[nH]c4c3)CC2)cc1. The number of benzene rings is 2. The zero-order valence-corrected chi connectivity index (χ0v) is 14.0. The molecule has 0 radical (unpaired) electrons.